The molecule has 5 heteroatoms. The molecule has 0 atom stereocenters. The average molecular weight is 681 g/mol. The number of thiophene rings is 1. The first-order valence-electron chi connectivity index (χ1n) is 17.4. The number of para-hydroxylation sites is 1. The molecule has 11 rings (SSSR count). The molecule has 3 aromatic heterocycles. The van der Waals surface area contributed by atoms with Crippen LogP contribution >= 0.6 is 11.3 Å². The van der Waals surface area contributed by atoms with Gasteiger partial charge in [0.2, 0.25) is 0 Å². The highest BCUT2D eigenvalue weighted by atomic mass is 32.1. The Labute approximate surface area is 302 Å². The van der Waals surface area contributed by atoms with Gasteiger partial charge in [-0.2, -0.15) is 0 Å². The number of hydrogen-bond donors (Lipinski definition) is 0. The smallest absolute Gasteiger partial charge is 0.165 e. The van der Waals surface area contributed by atoms with Gasteiger partial charge in [-0.3, -0.25) is 0 Å². The highest BCUT2D eigenvalue weighted by Gasteiger charge is 2.20. The minimum atomic E-state index is 0.645. The largest absolute Gasteiger partial charge is 0.309 e. The topological polar surface area (TPSA) is 43.6 Å². The molecule has 4 nitrogen and oxygen atoms in total. The molecule has 3 heterocycles. The molecule has 0 radical (unpaired) electrons. The van der Waals surface area contributed by atoms with Crippen molar-refractivity contribution in [3.05, 3.63) is 170 Å². The fourth-order valence-corrected chi connectivity index (χ4v) is 9.01. The molecule has 0 spiro atoms. The van der Waals surface area contributed by atoms with Crippen LogP contribution in [0, 0.1) is 0 Å². The van der Waals surface area contributed by atoms with Crippen LogP contribution in [0.1, 0.15) is 0 Å². The van der Waals surface area contributed by atoms with Crippen LogP contribution in [0.15, 0.2) is 170 Å². The van der Waals surface area contributed by atoms with E-state index in [-0.39, 0.29) is 0 Å². The fraction of sp³-hybridized carbons (Fsp3) is 0. The van der Waals surface area contributed by atoms with Gasteiger partial charge < -0.3 is 4.57 Å². The van der Waals surface area contributed by atoms with Gasteiger partial charge in [0, 0.05) is 53.3 Å². The lowest BCUT2D eigenvalue weighted by Crippen LogP contribution is -2.02. The molecule has 0 unspecified atom stereocenters. The molecule has 0 N–H and O–H groups in total. The summed E-state index contributed by atoms with van der Waals surface area (Å²) in [4.78, 5) is 15.7. The van der Waals surface area contributed by atoms with Gasteiger partial charge in [0.05, 0.1) is 11.0 Å². The first-order valence-corrected chi connectivity index (χ1v) is 18.3. The Hall–Kier alpha value is -6.69. The van der Waals surface area contributed by atoms with Crippen LogP contribution in [0.3, 0.4) is 0 Å². The van der Waals surface area contributed by atoms with Crippen LogP contribution in [0.4, 0.5) is 0 Å². The molecule has 0 aliphatic carbocycles. The minimum absolute atomic E-state index is 0.645. The molecule has 0 aliphatic heterocycles. The van der Waals surface area contributed by atoms with Crippen molar-refractivity contribution in [3.8, 4) is 39.9 Å². The Morgan fingerprint density at radius 2 is 1.02 bits per heavy atom. The Bertz CT molecular complexity index is 3190. The monoisotopic (exact) mass is 680 g/mol. The Balaban J connectivity index is 1.21. The molecule has 0 fully saturated rings. The van der Waals surface area contributed by atoms with Crippen LogP contribution in [-0.2, 0) is 0 Å². The second-order valence-corrected chi connectivity index (χ2v) is 14.3. The molecule has 0 amide bonds. The third-order valence-corrected chi connectivity index (χ3v) is 11.4. The van der Waals surface area contributed by atoms with E-state index >= 15 is 0 Å². The van der Waals surface area contributed by atoms with Gasteiger partial charge in [0.1, 0.15) is 0 Å². The summed E-state index contributed by atoms with van der Waals surface area (Å²) in [6.07, 6.45) is 0. The number of hydrogen-bond acceptors (Lipinski definition) is 4. The molecule has 0 aliphatic rings. The second kappa shape index (κ2) is 11.4. The third kappa shape index (κ3) is 4.50. The van der Waals surface area contributed by atoms with Gasteiger partial charge in [-0.05, 0) is 64.0 Å². The SMILES string of the molecule is c1ccc(-c2nc(-c3cc(-n4c5ccccc5c5cc6ccccc6cc54)cc4ccccc34)nc(-c3cccc4c3sc3ccccc34)n2)cc1. The van der Waals surface area contributed by atoms with Crippen molar-refractivity contribution in [1.29, 1.82) is 0 Å². The van der Waals surface area contributed by atoms with E-state index in [1.54, 1.807) is 11.3 Å². The maximum absolute atomic E-state index is 5.33. The van der Waals surface area contributed by atoms with Crippen molar-refractivity contribution in [2.45, 2.75) is 0 Å². The van der Waals surface area contributed by atoms with Gasteiger partial charge in [-0.1, -0.05) is 127 Å². The van der Waals surface area contributed by atoms with E-state index in [0.29, 0.717) is 17.5 Å². The molecule has 0 saturated heterocycles. The number of rotatable bonds is 4. The van der Waals surface area contributed by atoms with E-state index in [1.807, 2.05) is 18.2 Å². The van der Waals surface area contributed by atoms with Gasteiger partial charge in [0.15, 0.2) is 17.5 Å². The lowest BCUT2D eigenvalue weighted by Gasteiger charge is -2.15. The summed E-state index contributed by atoms with van der Waals surface area (Å²) in [7, 11) is 0. The van der Waals surface area contributed by atoms with Crippen molar-refractivity contribution in [2.75, 3.05) is 0 Å². The summed E-state index contributed by atoms with van der Waals surface area (Å²) >= 11 is 1.79. The van der Waals surface area contributed by atoms with Crippen molar-refractivity contribution < 1.29 is 0 Å². The second-order valence-electron chi connectivity index (χ2n) is 13.2. The van der Waals surface area contributed by atoms with E-state index in [2.05, 4.69) is 156 Å². The predicted octanol–water partition coefficient (Wildman–Crippen LogP) is 12.6. The average Bonchev–Trinajstić information content (AvgIpc) is 3.75. The quantitative estimate of drug-likeness (QED) is 0.186. The molecular formula is C47H28N4S. The molecule has 52 heavy (non-hydrogen) atoms. The van der Waals surface area contributed by atoms with E-state index in [4.69, 9.17) is 15.0 Å². The van der Waals surface area contributed by atoms with Crippen molar-refractivity contribution in [3.63, 3.8) is 0 Å². The Morgan fingerprint density at radius 1 is 0.385 bits per heavy atom. The van der Waals surface area contributed by atoms with E-state index in [0.717, 1.165) is 38.7 Å². The molecular weight excluding hydrogens is 653 g/mol. The van der Waals surface area contributed by atoms with Crippen molar-refractivity contribution in [2.24, 2.45) is 0 Å². The van der Waals surface area contributed by atoms with Gasteiger partial charge in [0.25, 0.3) is 0 Å². The number of nitrogens with zero attached hydrogens (tertiary/aromatic N) is 4. The minimum Gasteiger partial charge on any atom is -0.309 e. The normalized spacial score (nSPS) is 11.8. The number of aromatic nitrogens is 4. The van der Waals surface area contributed by atoms with E-state index in [1.165, 1.54) is 47.2 Å². The molecule has 0 bridgehead atoms. The summed E-state index contributed by atoms with van der Waals surface area (Å²) in [5.41, 5.74) is 6.31. The predicted molar refractivity (Wildman–Crippen MR) is 218 cm³/mol. The zero-order valence-electron chi connectivity index (χ0n) is 27.9. The van der Waals surface area contributed by atoms with Crippen LogP contribution in [-0.4, -0.2) is 19.5 Å². The van der Waals surface area contributed by atoms with Crippen LogP contribution < -0.4 is 0 Å². The number of benzene rings is 8. The highest BCUT2D eigenvalue weighted by molar-refractivity contribution is 7.26. The maximum Gasteiger partial charge on any atom is 0.165 e. The Kier molecular flexibility index (Phi) is 6.39. The molecule has 242 valence electrons. The lowest BCUT2D eigenvalue weighted by molar-refractivity contribution is 1.08. The molecule has 8 aromatic carbocycles. The Morgan fingerprint density at radius 3 is 1.87 bits per heavy atom. The van der Waals surface area contributed by atoms with E-state index in [9.17, 15) is 0 Å². The molecule has 11 aromatic rings. The highest BCUT2D eigenvalue weighted by Crippen LogP contribution is 2.41. The first-order chi connectivity index (χ1) is 25.8. The zero-order chi connectivity index (χ0) is 34.2. The van der Waals surface area contributed by atoms with Gasteiger partial charge in [-0.15, -0.1) is 11.3 Å². The van der Waals surface area contributed by atoms with Gasteiger partial charge in [-0.25, -0.2) is 15.0 Å². The van der Waals surface area contributed by atoms with Crippen LogP contribution in [0.5, 0.6) is 0 Å². The summed E-state index contributed by atoms with van der Waals surface area (Å²) in [6, 6.07) is 60.3. The van der Waals surface area contributed by atoms with Crippen molar-refractivity contribution in [1.82, 2.24) is 19.5 Å². The summed E-state index contributed by atoms with van der Waals surface area (Å²) in [6.45, 7) is 0. The number of fused-ring (bicyclic) bond motifs is 8. The third-order valence-electron chi connectivity index (χ3n) is 10.2. The lowest BCUT2D eigenvalue weighted by atomic mass is 10.0. The maximum atomic E-state index is 5.33. The summed E-state index contributed by atoms with van der Waals surface area (Å²) < 4.78 is 4.82. The summed E-state index contributed by atoms with van der Waals surface area (Å²) in [5.74, 6) is 1.96. The standard InChI is InChI=1S/C47H28N4S/c1-2-13-29(14-3-1)45-48-46(38-22-12-21-37-36-20-9-11-24-43(36)52-44(37)38)50-47(49-45)40-28-33(25-32-17-6-7-18-34(32)40)51-41-23-10-8-19-35(41)39-26-30-15-4-5-16-31(30)27-42(39)51/h1-28H. The fourth-order valence-electron chi connectivity index (χ4n) is 7.80. The summed E-state index contributed by atoms with van der Waals surface area (Å²) in [5, 5.41) is 9.58. The zero-order valence-corrected chi connectivity index (χ0v) is 28.7. The first kappa shape index (κ1) is 29.1. The van der Waals surface area contributed by atoms with Crippen LogP contribution in [0.25, 0.3) is 103 Å². The molecule has 0 saturated carbocycles. The van der Waals surface area contributed by atoms with Crippen LogP contribution in [0.2, 0.25) is 0 Å². The van der Waals surface area contributed by atoms with Crippen molar-refractivity contribution >= 4 is 74.9 Å². The van der Waals surface area contributed by atoms with Gasteiger partial charge >= 0.3 is 0 Å². The van der Waals surface area contributed by atoms with E-state index < -0.39 is 0 Å².